The van der Waals surface area contributed by atoms with Gasteiger partial charge in [-0.05, 0) is 17.7 Å². The van der Waals surface area contributed by atoms with Crippen molar-refractivity contribution >= 4 is 22.3 Å². The number of methoxy groups -OCH3 is 1. The zero-order valence-electron chi connectivity index (χ0n) is 13.5. The van der Waals surface area contributed by atoms with E-state index in [2.05, 4.69) is 0 Å². The van der Waals surface area contributed by atoms with Gasteiger partial charge in [-0.25, -0.2) is 9.18 Å². The molecule has 0 spiro atoms. The number of carbonyl (C=O) groups is 1. The molecule has 1 heterocycles. The van der Waals surface area contributed by atoms with Gasteiger partial charge in [0.15, 0.2) is 0 Å². The van der Waals surface area contributed by atoms with Crippen molar-refractivity contribution in [1.82, 2.24) is 0 Å². The second kappa shape index (κ2) is 7.36. The quantitative estimate of drug-likeness (QED) is 0.683. The number of benzene rings is 2. The molecule has 1 aromatic heterocycles. The van der Waals surface area contributed by atoms with Crippen LogP contribution in [0.15, 0.2) is 53.9 Å². The van der Waals surface area contributed by atoms with Gasteiger partial charge in [-0.3, -0.25) is 0 Å². The first kappa shape index (κ1) is 17.0. The highest BCUT2D eigenvalue weighted by Gasteiger charge is 2.22. The number of anilines is 1. The van der Waals surface area contributed by atoms with Gasteiger partial charge in [0.2, 0.25) is 0 Å². The summed E-state index contributed by atoms with van der Waals surface area (Å²) in [7, 11) is 1.46. The minimum atomic E-state index is -0.576. The zero-order chi connectivity index (χ0) is 17.8. The SMILES string of the molecule is COc1ccc(-c2csc(N)c2C(=O)OCc2ccccc2)c(F)c1. The van der Waals surface area contributed by atoms with E-state index in [1.54, 1.807) is 17.5 Å². The Balaban J connectivity index is 1.87. The highest BCUT2D eigenvalue weighted by molar-refractivity contribution is 7.14. The summed E-state index contributed by atoms with van der Waals surface area (Å²) in [5.41, 5.74) is 7.67. The topological polar surface area (TPSA) is 61.5 Å². The highest BCUT2D eigenvalue weighted by atomic mass is 32.1. The van der Waals surface area contributed by atoms with E-state index >= 15 is 0 Å². The number of rotatable bonds is 5. The van der Waals surface area contributed by atoms with Crippen LogP contribution >= 0.6 is 11.3 Å². The molecule has 0 aliphatic heterocycles. The molecule has 3 rings (SSSR count). The van der Waals surface area contributed by atoms with Crippen molar-refractivity contribution in [3.05, 3.63) is 70.9 Å². The standard InChI is InChI=1S/C19H16FNO3S/c1-23-13-7-8-14(16(20)9-13)15-11-25-18(21)17(15)19(22)24-10-12-5-3-2-4-6-12/h2-9,11H,10,21H2,1H3. The van der Waals surface area contributed by atoms with Crippen molar-refractivity contribution in [3.63, 3.8) is 0 Å². The molecule has 4 nitrogen and oxygen atoms in total. The van der Waals surface area contributed by atoms with E-state index in [0.717, 1.165) is 5.56 Å². The molecule has 2 aromatic carbocycles. The number of nitrogens with two attached hydrogens (primary N) is 1. The molecule has 0 amide bonds. The number of hydrogen-bond acceptors (Lipinski definition) is 5. The van der Waals surface area contributed by atoms with E-state index in [1.807, 2.05) is 30.3 Å². The van der Waals surface area contributed by atoms with Crippen LogP contribution in [0.5, 0.6) is 5.75 Å². The van der Waals surface area contributed by atoms with Gasteiger partial charge in [0.05, 0.1) is 7.11 Å². The molecule has 6 heteroatoms. The molecule has 0 fully saturated rings. The molecule has 0 saturated carbocycles. The van der Waals surface area contributed by atoms with Crippen LogP contribution in [0.25, 0.3) is 11.1 Å². The Morgan fingerprint density at radius 1 is 1.16 bits per heavy atom. The fourth-order valence-electron chi connectivity index (χ4n) is 2.42. The molecule has 0 atom stereocenters. The number of esters is 1. The number of halogens is 1. The van der Waals surface area contributed by atoms with Gasteiger partial charge in [-0.2, -0.15) is 0 Å². The van der Waals surface area contributed by atoms with E-state index in [1.165, 1.54) is 24.5 Å². The van der Waals surface area contributed by atoms with Gasteiger partial charge in [-0.15, -0.1) is 11.3 Å². The fourth-order valence-corrected chi connectivity index (χ4v) is 3.22. The maximum atomic E-state index is 14.4. The van der Waals surface area contributed by atoms with Crippen molar-refractivity contribution < 1.29 is 18.7 Å². The minimum absolute atomic E-state index is 0.124. The zero-order valence-corrected chi connectivity index (χ0v) is 14.3. The first-order chi connectivity index (χ1) is 12.1. The van der Waals surface area contributed by atoms with Crippen molar-refractivity contribution in [2.24, 2.45) is 0 Å². The summed E-state index contributed by atoms with van der Waals surface area (Å²) in [5.74, 6) is -0.667. The molecule has 0 saturated heterocycles. The molecule has 0 bridgehead atoms. The van der Waals surface area contributed by atoms with Crippen LogP contribution in [0.1, 0.15) is 15.9 Å². The van der Waals surface area contributed by atoms with E-state index in [9.17, 15) is 9.18 Å². The summed E-state index contributed by atoms with van der Waals surface area (Å²) < 4.78 is 24.7. The van der Waals surface area contributed by atoms with Gasteiger partial charge in [0, 0.05) is 22.6 Å². The molecule has 0 aliphatic carbocycles. The third-order valence-corrected chi connectivity index (χ3v) is 4.51. The lowest BCUT2D eigenvalue weighted by Crippen LogP contribution is -2.08. The lowest BCUT2D eigenvalue weighted by Gasteiger charge is -2.09. The van der Waals surface area contributed by atoms with Crippen molar-refractivity contribution in [2.45, 2.75) is 6.61 Å². The maximum absolute atomic E-state index is 14.4. The van der Waals surface area contributed by atoms with E-state index in [0.29, 0.717) is 16.3 Å². The fraction of sp³-hybridized carbons (Fsp3) is 0.105. The lowest BCUT2D eigenvalue weighted by atomic mass is 10.0. The van der Waals surface area contributed by atoms with E-state index in [4.69, 9.17) is 15.2 Å². The molecule has 3 aromatic rings. The first-order valence-electron chi connectivity index (χ1n) is 7.52. The van der Waals surface area contributed by atoms with Crippen LogP contribution in [0.2, 0.25) is 0 Å². The molecular formula is C19H16FNO3S. The van der Waals surface area contributed by atoms with Crippen LogP contribution < -0.4 is 10.5 Å². The average Bonchev–Trinajstić information content (AvgIpc) is 3.01. The average molecular weight is 357 g/mol. The summed E-state index contributed by atoms with van der Waals surface area (Å²) in [4.78, 5) is 12.5. The van der Waals surface area contributed by atoms with Crippen LogP contribution in [0, 0.1) is 5.82 Å². The molecule has 0 unspecified atom stereocenters. The smallest absolute Gasteiger partial charge is 0.342 e. The number of carbonyl (C=O) groups excluding carboxylic acids is 1. The van der Waals surface area contributed by atoms with Crippen LogP contribution in [0.3, 0.4) is 0 Å². The summed E-state index contributed by atoms with van der Waals surface area (Å²) >= 11 is 1.17. The minimum Gasteiger partial charge on any atom is -0.497 e. The van der Waals surface area contributed by atoms with Crippen LogP contribution in [-0.2, 0) is 11.3 Å². The second-order valence-corrected chi connectivity index (χ2v) is 6.21. The summed E-state index contributed by atoms with van der Waals surface area (Å²) in [6, 6.07) is 13.8. The van der Waals surface area contributed by atoms with Gasteiger partial charge in [-0.1, -0.05) is 30.3 Å². The Morgan fingerprint density at radius 2 is 1.92 bits per heavy atom. The summed E-state index contributed by atoms with van der Waals surface area (Å²) in [6.07, 6.45) is 0. The number of thiophene rings is 1. The predicted molar refractivity (Wildman–Crippen MR) is 96.2 cm³/mol. The van der Waals surface area contributed by atoms with Gasteiger partial charge in [0.1, 0.15) is 28.7 Å². The Labute approximate surface area is 148 Å². The van der Waals surface area contributed by atoms with E-state index in [-0.39, 0.29) is 17.7 Å². The second-order valence-electron chi connectivity index (χ2n) is 5.30. The maximum Gasteiger partial charge on any atom is 0.342 e. The Hall–Kier alpha value is -2.86. The molecule has 0 aliphatic rings. The van der Waals surface area contributed by atoms with Gasteiger partial charge < -0.3 is 15.2 Å². The van der Waals surface area contributed by atoms with E-state index < -0.39 is 11.8 Å². The van der Waals surface area contributed by atoms with Crippen LogP contribution in [0.4, 0.5) is 9.39 Å². The third-order valence-electron chi connectivity index (χ3n) is 3.70. The molecule has 128 valence electrons. The van der Waals surface area contributed by atoms with Gasteiger partial charge >= 0.3 is 5.97 Å². The molecular weight excluding hydrogens is 341 g/mol. The molecule has 0 radical (unpaired) electrons. The van der Waals surface area contributed by atoms with Gasteiger partial charge in [0.25, 0.3) is 0 Å². The highest BCUT2D eigenvalue weighted by Crippen LogP contribution is 2.36. The predicted octanol–water partition coefficient (Wildman–Crippen LogP) is 4.50. The monoisotopic (exact) mass is 357 g/mol. The van der Waals surface area contributed by atoms with Crippen molar-refractivity contribution in [3.8, 4) is 16.9 Å². The van der Waals surface area contributed by atoms with Crippen molar-refractivity contribution in [1.29, 1.82) is 0 Å². The Kier molecular flexibility index (Phi) is 5.00. The van der Waals surface area contributed by atoms with Crippen LogP contribution in [-0.4, -0.2) is 13.1 Å². The van der Waals surface area contributed by atoms with Crippen molar-refractivity contribution in [2.75, 3.05) is 12.8 Å². The molecule has 25 heavy (non-hydrogen) atoms. The number of ether oxygens (including phenoxy) is 2. The Bertz CT molecular complexity index is 893. The number of hydrogen-bond donors (Lipinski definition) is 1. The largest absolute Gasteiger partial charge is 0.497 e. The third kappa shape index (κ3) is 3.64. The first-order valence-corrected chi connectivity index (χ1v) is 8.40. The molecule has 2 N–H and O–H groups in total. The number of nitrogen functional groups attached to an aromatic ring is 1. The lowest BCUT2D eigenvalue weighted by molar-refractivity contribution is 0.0475. The Morgan fingerprint density at radius 3 is 2.60 bits per heavy atom. The summed E-state index contributed by atoms with van der Waals surface area (Å²) in [5, 5.41) is 1.95. The summed E-state index contributed by atoms with van der Waals surface area (Å²) in [6.45, 7) is 0.124. The normalized spacial score (nSPS) is 10.5.